The van der Waals surface area contributed by atoms with E-state index < -0.39 is 0 Å². The smallest absolute Gasteiger partial charge is 0.123 e. The van der Waals surface area contributed by atoms with Crippen LogP contribution in [0.1, 0.15) is 12.0 Å². The molecule has 0 atom stereocenters. The van der Waals surface area contributed by atoms with Gasteiger partial charge in [0.05, 0.1) is 0 Å². The van der Waals surface area contributed by atoms with Crippen LogP contribution in [-0.2, 0) is 11.2 Å². The number of hydrogen-bond donors (Lipinski definition) is 1. The molecule has 0 radical (unpaired) electrons. The molecule has 0 fully saturated rings. The van der Waals surface area contributed by atoms with Gasteiger partial charge in [-0.25, -0.2) is 4.39 Å². The first-order chi connectivity index (χ1) is 9.79. The van der Waals surface area contributed by atoms with E-state index in [0.29, 0.717) is 12.8 Å². The van der Waals surface area contributed by atoms with Crippen molar-refractivity contribution in [2.75, 3.05) is 0 Å². The van der Waals surface area contributed by atoms with Gasteiger partial charge in [0.15, 0.2) is 0 Å². The number of carbonyl (C=O) groups is 1. The van der Waals surface area contributed by atoms with Crippen molar-refractivity contribution in [1.82, 2.24) is 4.98 Å². The van der Waals surface area contributed by atoms with Crippen molar-refractivity contribution in [2.24, 2.45) is 0 Å². The predicted molar refractivity (Wildman–Crippen MR) is 78.1 cm³/mol. The molecule has 2 nitrogen and oxygen atoms in total. The van der Waals surface area contributed by atoms with Crippen molar-refractivity contribution >= 4 is 17.2 Å². The molecular weight excluding hydrogens is 253 g/mol. The molecule has 0 saturated heterocycles. The van der Waals surface area contributed by atoms with E-state index in [0.717, 1.165) is 34.0 Å². The zero-order valence-corrected chi connectivity index (χ0v) is 10.9. The van der Waals surface area contributed by atoms with Gasteiger partial charge in [-0.1, -0.05) is 30.3 Å². The second kappa shape index (κ2) is 5.29. The number of aromatic amines is 1. The molecule has 0 spiro atoms. The Hall–Kier alpha value is -2.42. The van der Waals surface area contributed by atoms with Gasteiger partial charge in [-0.05, 0) is 35.7 Å². The topological polar surface area (TPSA) is 32.9 Å². The quantitative estimate of drug-likeness (QED) is 0.709. The van der Waals surface area contributed by atoms with Crippen LogP contribution in [0.25, 0.3) is 22.2 Å². The van der Waals surface area contributed by atoms with Crippen molar-refractivity contribution < 1.29 is 9.18 Å². The number of fused-ring (bicyclic) bond motifs is 1. The van der Waals surface area contributed by atoms with Crippen LogP contribution in [0.4, 0.5) is 4.39 Å². The summed E-state index contributed by atoms with van der Waals surface area (Å²) in [6.07, 6.45) is 1.94. The van der Waals surface area contributed by atoms with E-state index in [1.165, 1.54) is 12.1 Å². The van der Waals surface area contributed by atoms with Gasteiger partial charge in [0, 0.05) is 23.0 Å². The van der Waals surface area contributed by atoms with E-state index in [1.807, 2.05) is 30.3 Å². The molecule has 0 aliphatic heterocycles. The number of nitrogens with one attached hydrogen (secondary N) is 1. The number of rotatable bonds is 4. The van der Waals surface area contributed by atoms with Crippen LogP contribution in [0.5, 0.6) is 0 Å². The Balaban J connectivity index is 2.22. The van der Waals surface area contributed by atoms with E-state index in [1.54, 1.807) is 6.07 Å². The Morgan fingerprint density at radius 1 is 1.10 bits per heavy atom. The third-order valence-electron chi connectivity index (χ3n) is 3.44. The number of benzene rings is 2. The number of aldehydes is 1. The predicted octanol–water partition coefficient (Wildman–Crippen LogP) is 4.11. The third kappa shape index (κ3) is 2.23. The molecule has 0 amide bonds. The lowest BCUT2D eigenvalue weighted by atomic mass is 10.0. The van der Waals surface area contributed by atoms with Gasteiger partial charge in [-0.3, -0.25) is 0 Å². The van der Waals surface area contributed by atoms with Crippen molar-refractivity contribution in [2.45, 2.75) is 12.8 Å². The van der Waals surface area contributed by atoms with Gasteiger partial charge in [-0.15, -0.1) is 0 Å². The maximum Gasteiger partial charge on any atom is 0.123 e. The molecular formula is C17H14FNO. The van der Waals surface area contributed by atoms with Gasteiger partial charge in [0.2, 0.25) is 0 Å². The molecule has 0 bridgehead atoms. The molecule has 0 saturated carbocycles. The summed E-state index contributed by atoms with van der Waals surface area (Å²) in [7, 11) is 0. The van der Waals surface area contributed by atoms with Crippen molar-refractivity contribution in [1.29, 1.82) is 0 Å². The lowest BCUT2D eigenvalue weighted by molar-refractivity contribution is -0.107. The Morgan fingerprint density at radius 2 is 1.90 bits per heavy atom. The fraction of sp³-hybridized carbons (Fsp3) is 0.118. The zero-order chi connectivity index (χ0) is 13.9. The van der Waals surface area contributed by atoms with Crippen LogP contribution in [-0.4, -0.2) is 11.3 Å². The van der Waals surface area contributed by atoms with Crippen LogP contribution in [0.2, 0.25) is 0 Å². The van der Waals surface area contributed by atoms with E-state index in [2.05, 4.69) is 4.98 Å². The fourth-order valence-electron chi connectivity index (χ4n) is 2.53. The fourth-order valence-corrected chi connectivity index (χ4v) is 2.53. The number of hydrogen-bond acceptors (Lipinski definition) is 1. The summed E-state index contributed by atoms with van der Waals surface area (Å²) in [6, 6.07) is 14.6. The highest BCUT2D eigenvalue weighted by Crippen LogP contribution is 2.31. The molecule has 20 heavy (non-hydrogen) atoms. The van der Waals surface area contributed by atoms with Gasteiger partial charge in [0.1, 0.15) is 12.1 Å². The van der Waals surface area contributed by atoms with E-state index in [-0.39, 0.29) is 5.82 Å². The maximum atomic E-state index is 13.5. The summed E-state index contributed by atoms with van der Waals surface area (Å²) in [5.41, 5.74) is 3.90. The first kappa shape index (κ1) is 12.6. The van der Waals surface area contributed by atoms with Crippen molar-refractivity contribution in [3.63, 3.8) is 0 Å². The van der Waals surface area contributed by atoms with Gasteiger partial charge in [-0.2, -0.15) is 0 Å². The average molecular weight is 267 g/mol. The number of aromatic nitrogens is 1. The van der Waals surface area contributed by atoms with E-state index in [9.17, 15) is 9.18 Å². The Bertz CT molecular complexity index is 746. The monoisotopic (exact) mass is 267 g/mol. The molecule has 1 heterocycles. The molecule has 0 aliphatic carbocycles. The number of halogens is 1. The Labute approximate surface area is 116 Å². The summed E-state index contributed by atoms with van der Waals surface area (Å²) in [5.74, 6) is -0.261. The van der Waals surface area contributed by atoms with Gasteiger partial charge in [0.25, 0.3) is 0 Å². The molecule has 1 N–H and O–H groups in total. The van der Waals surface area contributed by atoms with Crippen LogP contribution in [0.15, 0.2) is 48.5 Å². The summed E-state index contributed by atoms with van der Waals surface area (Å²) in [6.45, 7) is 0. The summed E-state index contributed by atoms with van der Waals surface area (Å²) in [4.78, 5) is 14.0. The number of H-pyrrole nitrogens is 1. The molecule has 3 aromatic rings. The Morgan fingerprint density at radius 3 is 2.65 bits per heavy atom. The lowest BCUT2D eigenvalue weighted by Gasteiger charge is -2.03. The highest BCUT2D eigenvalue weighted by atomic mass is 19.1. The van der Waals surface area contributed by atoms with Crippen LogP contribution >= 0.6 is 0 Å². The molecule has 1 aromatic heterocycles. The van der Waals surface area contributed by atoms with E-state index >= 15 is 0 Å². The molecule has 0 aliphatic rings. The minimum atomic E-state index is -0.261. The van der Waals surface area contributed by atoms with Gasteiger partial charge < -0.3 is 9.78 Å². The lowest BCUT2D eigenvalue weighted by Crippen LogP contribution is -1.89. The minimum absolute atomic E-state index is 0.261. The summed E-state index contributed by atoms with van der Waals surface area (Å²) >= 11 is 0. The van der Waals surface area contributed by atoms with Crippen molar-refractivity contribution in [3.05, 3.63) is 59.9 Å². The molecule has 3 rings (SSSR count). The first-order valence-corrected chi connectivity index (χ1v) is 6.59. The highest BCUT2D eigenvalue weighted by Gasteiger charge is 2.13. The largest absolute Gasteiger partial charge is 0.354 e. The number of carbonyl (C=O) groups excluding carboxylic acids is 1. The first-order valence-electron chi connectivity index (χ1n) is 6.59. The second-order valence-corrected chi connectivity index (χ2v) is 4.74. The van der Waals surface area contributed by atoms with Crippen LogP contribution < -0.4 is 0 Å². The van der Waals surface area contributed by atoms with Crippen LogP contribution in [0, 0.1) is 5.82 Å². The summed E-state index contributed by atoms with van der Waals surface area (Å²) < 4.78 is 13.5. The van der Waals surface area contributed by atoms with Crippen LogP contribution in [0.3, 0.4) is 0 Å². The second-order valence-electron chi connectivity index (χ2n) is 4.74. The summed E-state index contributed by atoms with van der Waals surface area (Å²) in [5, 5.41) is 0.853. The molecule has 2 aromatic carbocycles. The SMILES string of the molecule is O=CCCc1c(-c2ccccc2)[nH]c2ccc(F)cc12. The Kier molecular flexibility index (Phi) is 3.33. The standard InChI is InChI=1S/C17H14FNO/c18-13-8-9-16-15(11-13)14(7-4-10-20)17(19-16)12-5-2-1-3-6-12/h1-3,5-6,8-11,19H,4,7H2. The van der Waals surface area contributed by atoms with Crippen molar-refractivity contribution in [3.8, 4) is 11.3 Å². The average Bonchev–Trinajstić information content (AvgIpc) is 2.84. The van der Waals surface area contributed by atoms with Gasteiger partial charge >= 0.3 is 0 Å². The minimum Gasteiger partial charge on any atom is -0.354 e. The maximum absolute atomic E-state index is 13.5. The zero-order valence-electron chi connectivity index (χ0n) is 10.9. The molecule has 100 valence electrons. The molecule has 3 heteroatoms. The normalized spacial score (nSPS) is 10.8. The third-order valence-corrected chi connectivity index (χ3v) is 3.44. The van der Waals surface area contributed by atoms with E-state index in [4.69, 9.17) is 0 Å². The highest BCUT2D eigenvalue weighted by molar-refractivity contribution is 5.91. The number of aryl methyl sites for hydroxylation is 1. The molecule has 0 unspecified atom stereocenters.